The summed E-state index contributed by atoms with van der Waals surface area (Å²) in [6.45, 7) is 1.17. The molecule has 0 spiro atoms. The Morgan fingerprint density at radius 3 is 2.78 bits per heavy atom. The van der Waals surface area contributed by atoms with Crippen LogP contribution < -0.4 is 0 Å². The average molecular weight is 341 g/mol. The summed E-state index contributed by atoms with van der Waals surface area (Å²) in [7, 11) is 1.56. The minimum Gasteiger partial charge on any atom is -0.467 e. The summed E-state index contributed by atoms with van der Waals surface area (Å²) in [6.07, 6.45) is 1.55. The molecule has 0 fully saturated rings. The Morgan fingerprint density at radius 2 is 2.13 bits per heavy atom. The van der Waals surface area contributed by atoms with E-state index in [-0.39, 0.29) is 11.7 Å². The predicted molar refractivity (Wildman–Crippen MR) is 83.1 cm³/mol. The number of rotatable bonds is 8. The molecule has 0 N–H and O–H groups in total. The molecule has 0 bridgehead atoms. The predicted octanol–water partition coefficient (Wildman–Crippen LogP) is 3.33. The van der Waals surface area contributed by atoms with Gasteiger partial charge in [0.15, 0.2) is 11.6 Å². The number of carbonyl (C=O) groups is 1. The number of benzene rings is 1. The van der Waals surface area contributed by atoms with Crippen LogP contribution in [0.4, 0.5) is 8.78 Å². The summed E-state index contributed by atoms with van der Waals surface area (Å²) in [5, 5.41) is 0. The van der Waals surface area contributed by atoms with Crippen molar-refractivity contribution in [1.82, 2.24) is 4.90 Å². The number of amides is 1. The van der Waals surface area contributed by atoms with E-state index in [9.17, 15) is 13.6 Å². The first-order valence-corrected chi connectivity index (χ1v) is 7.95. The molecule has 0 saturated heterocycles. The quantitative estimate of drug-likeness (QED) is 0.691. The van der Waals surface area contributed by atoms with E-state index in [0.29, 0.717) is 30.4 Å². The normalized spacial score (nSPS) is 10.7. The van der Waals surface area contributed by atoms with Gasteiger partial charge < -0.3 is 14.1 Å². The minimum atomic E-state index is -0.922. The number of hydrogen-bond donors (Lipinski definition) is 0. The van der Waals surface area contributed by atoms with Crippen molar-refractivity contribution in [3.63, 3.8) is 0 Å². The zero-order valence-corrected chi connectivity index (χ0v) is 13.4. The van der Waals surface area contributed by atoms with Crippen molar-refractivity contribution in [2.75, 3.05) is 26.0 Å². The molecule has 0 aliphatic rings. The van der Waals surface area contributed by atoms with E-state index < -0.39 is 11.6 Å². The Bertz CT molecular complexity index is 634. The number of carbonyl (C=O) groups excluding carboxylic acids is 1. The molecule has 0 atom stereocenters. The van der Waals surface area contributed by atoms with Gasteiger partial charge in [0.05, 0.1) is 25.2 Å². The topological polar surface area (TPSA) is 42.7 Å². The highest BCUT2D eigenvalue weighted by molar-refractivity contribution is 8.00. The van der Waals surface area contributed by atoms with Gasteiger partial charge in [-0.2, -0.15) is 0 Å². The van der Waals surface area contributed by atoms with Gasteiger partial charge in [0.1, 0.15) is 5.76 Å². The maximum atomic E-state index is 13.2. The number of hydrogen-bond acceptors (Lipinski definition) is 4. The molecule has 0 radical (unpaired) electrons. The number of furan rings is 1. The second-order valence-corrected chi connectivity index (χ2v) is 5.80. The van der Waals surface area contributed by atoms with E-state index >= 15 is 0 Å². The highest BCUT2D eigenvalue weighted by Gasteiger charge is 2.16. The second kappa shape index (κ2) is 8.69. The van der Waals surface area contributed by atoms with Gasteiger partial charge in [0.2, 0.25) is 5.91 Å². The monoisotopic (exact) mass is 341 g/mol. The molecule has 0 aliphatic heterocycles. The number of thioether (sulfide) groups is 1. The standard InChI is InChI=1S/C16H17F2NO3S/c1-21-8-6-19(10-12-3-2-7-22-12)16(20)11-23-13-4-5-14(17)15(18)9-13/h2-5,7,9H,6,8,10-11H2,1H3. The Kier molecular flexibility index (Phi) is 6.61. The third-order valence-electron chi connectivity index (χ3n) is 3.10. The Morgan fingerprint density at radius 1 is 1.30 bits per heavy atom. The van der Waals surface area contributed by atoms with Gasteiger partial charge in [0.25, 0.3) is 0 Å². The van der Waals surface area contributed by atoms with Crippen molar-refractivity contribution >= 4 is 17.7 Å². The first kappa shape index (κ1) is 17.5. The molecule has 4 nitrogen and oxygen atoms in total. The fraction of sp³-hybridized carbons (Fsp3) is 0.312. The second-order valence-electron chi connectivity index (χ2n) is 4.75. The highest BCUT2D eigenvalue weighted by Crippen LogP contribution is 2.21. The molecule has 2 aromatic rings. The molecular weight excluding hydrogens is 324 g/mol. The summed E-state index contributed by atoms with van der Waals surface area (Å²) in [6, 6.07) is 7.12. The van der Waals surface area contributed by atoms with Crippen molar-refractivity contribution in [3.05, 3.63) is 54.0 Å². The molecule has 2 rings (SSSR count). The van der Waals surface area contributed by atoms with Crippen molar-refractivity contribution < 1.29 is 22.7 Å². The first-order valence-electron chi connectivity index (χ1n) is 6.97. The van der Waals surface area contributed by atoms with Crippen LogP contribution in [0.2, 0.25) is 0 Å². The zero-order chi connectivity index (χ0) is 16.7. The van der Waals surface area contributed by atoms with Crippen molar-refractivity contribution in [2.24, 2.45) is 0 Å². The first-order chi connectivity index (χ1) is 11.1. The average Bonchev–Trinajstić information content (AvgIpc) is 3.05. The molecule has 0 aliphatic carbocycles. The van der Waals surface area contributed by atoms with Crippen molar-refractivity contribution in [1.29, 1.82) is 0 Å². The maximum Gasteiger partial charge on any atom is 0.233 e. The van der Waals surface area contributed by atoms with Crippen molar-refractivity contribution in [2.45, 2.75) is 11.4 Å². The molecule has 0 unspecified atom stereocenters. The number of nitrogens with zero attached hydrogens (tertiary/aromatic N) is 1. The van der Waals surface area contributed by atoms with Crippen LogP contribution in [0.1, 0.15) is 5.76 Å². The largest absolute Gasteiger partial charge is 0.467 e. The lowest BCUT2D eigenvalue weighted by atomic mass is 10.3. The fourth-order valence-electron chi connectivity index (χ4n) is 1.89. The summed E-state index contributed by atoms with van der Waals surface area (Å²) in [5.74, 6) is -1.16. The van der Waals surface area contributed by atoms with Gasteiger partial charge >= 0.3 is 0 Å². The van der Waals surface area contributed by atoms with Gasteiger partial charge in [0, 0.05) is 18.6 Å². The summed E-state index contributed by atoms with van der Waals surface area (Å²) in [4.78, 5) is 14.4. The van der Waals surface area contributed by atoms with Crippen LogP contribution in [0.25, 0.3) is 0 Å². The van der Waals surface area contributed by atoms with Gasteiger partial charge in [-0.05, 0) is 30.3 Å². The third kappa shape index (κ3) is 5.37. The maximum absolute atomic E-state index is 13.2. The van der Waals surface area contributed by atoms with Gasteiger partial charge in [-0.25, -0.2) is 8.78 Å². The Labute approximate surface area is 137 Å². The summed E-state index contributed by atoms with van der Waals surface area (Å²) >= 11 is 1.16. The number of methoxy groups -OCH3 is 1. The van der Waals surface area contributed by atoms with E-state index in [4.69, 9.17) is 9.15 Å². The highest BCUT2D eigenvalue weighted by atomic mass is 32.2. The SMILES string of the molecule is COCCN(Cc1ccco1)C(=O)CSc1ccc(F)c(F)c1. The summed E-state index contributed by atoms with van der Waals surface area (Å²) in [5.41, 5.74) is 0. The van der Waals surface area contributed by atoms with E-state index in [1.807, 2.05) is 0 Å². The lowest BCUT2D eigenvalue weighted by Crippen LogP contribution is -2.34. The van der Waals surface area contributed by atoms with Crippen LogP contribution in [-0.4, -0.2) is 36.8 Å². The number of ether oxygens (including phenoxy) is 1. The Balaban J connectivity index is 1.94. The smallest absolute Gasteiger partial charge is 0.233 e. The lowest BCUT2D eigenvalue weighted by Gasteiger charge is -2.21. The number of halogens is 2. The molecule has 23 heavy (non-hydrogen) atoms. The van der Waals surface area contributed by atoms with Crippen molar-refractivity contribution in [3.8, 4) is 0 Å². The van der Waals surface area contributed by atoms with Crippen LogP contribution >= 0.6 is 11.8 Å². The van der Waals surface area contributed by atoms with E-state index in [1.165, 1.54) is 6.07 Å². The summed E-state index contributed by atoms with van der Waals surface area (Å²) < 4.78 is 36.3. The lowest BCUT2D eigenvalue weighted by molar-refractivity contribution is -0.129. The van der Waals surface area contributed by atoms with Crippen LogP contribution in [0.15, 0.2) is 45.9 Å². The molecule has 1 aromatic carbocycles. The van der Waals surface area contributed by atoms with Crippen LogP contribution in [0.5, 0.6) is 0 Å². The van der Waals surface area contributed by atoms with Crippen LogP contribution in [0.3, 0.4) is 0 Å². The van der Waals surface area contributed by atoms with Crippen LogP contribution in [0, 0.1) is 11.6 Å². The molecule has 124 valence electrons. The molecule has 7 heteroatoms. The van der Waals surface area contributed by atoms with E-state index in [2.05, 4.69) is 0 Å². The van der Waals surface area contributed by atoms with Gasteiger partial charge in [-0.3, -0.25) is 4.79 Å². The van der Waals surface area contributed by atoms with E-state index in [0.717, 1.165) is 23.9 Å². The molecule has 1 aromatic heterocycles. The zero-order valence-electron chi connectivity index (χ0n) is 12.6. The third-order valence-corrected chi connectivity index (χ3v) is 4.08. The van der Waals surface area contributed by atoms with Gasteiger partial charge in [-0.1, -0.05) is 0 Å². The molecule has 1 amide bonds. The minimum absolute atomic E-state index is 0.121. The fourth-order valence-corrected chi connectivity index (χ4v) is 2.71. The Hall–Kier alpha value is -1.86. The molecule has 0 saturated carbocycles. The molecule has 1 heterocycles. The van der Waals surface area contributed by atoms with Crippen LogP contribution in [-0.2, 0) is 16.1 Å². The molecular formula is C16H17F2NO3S. The van der Waals surface area contributed by atoms with Gasteiger partial charge in [-0.15, -0.1) is 11.8 Å². The van der Waals surface area contributed by atoms with E-state index in [1.54, 1.807) is 30.4 Å².